The second-order valence-electron chi connectivity index (χ2n) is 5.72. The molecule has 2 N–H and O–H groups in total. The molecule has 2 rings (SSSR count). The van der Waals surface area contributed by atoms with E-state index in [2.05, 4.69) is 10.6 Å². The molecule has 106 valence electrons. The van der Waals surface area contributed by atoms with E-state index in [9.17, 15) is 14.4 Å². The summed E-state index contributed by atoms with van der Waals surface area (Å²) in [5, 5.41) is 5.49. The van der Waals surface area contributed by atoms with Gasteiger partial charge in [-0.15, -0.1) is 0 Å². The molecule has 1 unspecified atom stereocenters. The van der Waals surface area contributed by atoms with Crippen LogP contribution in [0.5, 0.6) is 0 Å². The lowest BCUT2D eigenvalue weighted by molar-refractivity contribution is -0.156. The third-order valence-electron chi connectivity index (χ3n) is 3.91. The van der Waals surface area contributed by atoms with Crippen LogP contribution < -0.4 is 10.6 Å². The lowest BCUT2D eigenvalue weighted by atomic mass is 9.96. The van der Waals surface area contributed by atoms with Crippen LogP contribution >= 0.6 is 0 Å². The molecule has 1 atom stereocenters. The number of hydrogen-bond donors (Lipinski definition) is 2. The van der Waals surface area contributed by atoms with Gasteiger partial charge in [0.2, 0.25) is 11.8 Å². The number of amides is 3. The van der Waals surface area contributed by atoms with Gasteiger partial charge in [0, 0.05) is 0 Å². The van der Waals surface area contributed by atoms with Crippen molar-refractivity contribution in [2.24, 2.45) is 0 Å². The van der Waals surface area contributed by atoms with Crippen LogP contribution in [0.15, 0.2) is 0 Å². The molecule has 0 saturated carbocycles. The zero-order valence-corrected chi connectivity index (χ0v) is 11.5. The molecule has 0 aliphatic carbocycles. The minimum Gasteiger partial charge on any atom is -0.318 e. The average Bonchev–Trinajstić information content (AvgIpc) is 2.62. The fourth-order valence-electron chi connectivity index (χ4n) is 2.56. The summed E-state index contributed by atoms with van der Waals surface area (Å²) in [5.41, 5.74) is -0.973. The third kappa shape index (κ3) is 2.78. The number of imide groups is 1. The van der Waals surface area contributed by atoms with Crippen molar-refractivity contribution >= 4 is 17.7 Å². The van der Waals surface area contributed by atoms with Crippen molar-refractivity contribution in [1.82, 2.24) is 15.5 Å². The van der Waals surface area contributed by atoms with Gasteiger partial charge < -0.3 is 10.2 Å². The van der Waals surface area contributed by atoms with Gasteiger partial charge in [0.1, 0.15) is 12.1 Å². The molecule has 0 aromatic rings. The maximum absolute atomic E-state index is 12.5. The molecule has 3 amide bonds. The molecule has 2 saturated heterocycles. The summed E-state index contributed by atoms with van der Waals surface area (Å²) in [6.45, 7) is 4.10. The first-order valence-electron chi connectivity index (χ1n) is 6.82. The highest BCUT2D eigenvalue weighted by Gasteiger charge is 2.45. The summed E-state index contributed by atoms with van der Waals surface area (Å²) >= 11 is 0. The van der Waals surface area contributed by atoms with Gasteiger partial charge in [0.15, 0.2) is 0 Å². The van der Waals surface area contributed by atoms with Crippen molar-refractivity contribution in [2.75, 3.05) is 13.1 Å². The number of carbonyl (C=O) groups is 3. The first-order chi connectivity index (χ1) is 8.93. The highest BCUT2D eigenvalue weighted by Crippen LogP contribution is 2.21. The van der Waals surface area contributed by atoms with Gasteiger partial charge in [-0.05, 0) is 33.2 Å². The Kier molecular flexibility index (Phi) is 3.89. The van der Waals surface area contributed by atoms with E-state index in [0.717, 1.165) is 32.2 Å². The first-order valence-corrected chi connectivity index (χ1v) is 6.82. The lowest BCUT2D eigenvalue weighted by Gasteiger charge is -2.41. The zero-order valence-electron chi connectivity index (χ0n) is 11.5. The molecular formula is C13H21N3O3. The van der Waals surface area contributed by atoms with Crippen molar-refractivity contribution in [3.8, 4) is 0 Å². The van der Waals surface area contributed by atoms with E-state index in [4.69, 9.17) is 0 Å². The molecule has 2 aliphatic heterocycles. The largest absolute Gasteiger partial charge is 0.318 e. The van der Waals surface area contributed by atoms with Crippen molar-refractivity contribution in [2.45, 2.75) is 51.1 Å². The Bertz CT molecular complexity index is 398. The molecule has 2 heterocycles. The number of hydrogen-bond acceptors (Lipinski definition) is 4. The summed E-state index contributed by atoms with van der Waals surface area (Å²) in [5.74, 6) is -0.966. The maximum atomic E-state index is 12.5. The molecule has 2 fully saturated rings. The topological polar surface area (TPSA) is 78.5 Å². The summed E-state index contributed by atoms with van der Waals surface area (Å²) < 4.78 is 0. The van der Waals surface area contributed by atoms with E-state index in [1.165, 1.54) is 4.90 Å². The van der Waals surface area contributed by atoms with Gasteiger partial charge in [-0.2, -0.15) is 0 Å². The van der Waals surface area contributed by atoms with Gasteiger partial charge >= 0.3 is 0 Å². The van der Waals surface area contributed by atoms with E-state index in [-0.39, 0.29) is 18.5 Å². The predicted octanol–water partition coefficient (Wildman–Crippen LogP) is -0.218. The lowest BCUT2D eigenvalue weighted by Crippen LogP contribution is -2.67. The van der Waals surface area contributed by atoms with Crippen LogP contribution in [-0.4, -0.2) is 47.3 Å². The Balaban J connectivity index is 2.15. The Hall–Kier alpha value is -1.43. The van der Waals surface area contributed by atoms with Crippen molar-refractivity contribution in [3.63, 3.8) is 0 Å². The molecule has 2 aliphatic rings. The summed E-state index contributed by atoms with van der Waals surface area (Å²) in [4.78, 5) is 37.3. The van der Waals surface area contributed by atoms with Crippen molar-refractivity contribution in [1.29, 1.82) is 0 Å². The van der Waals surface area contributed by atoms with Crippen LogP contribution in [0.2, 0.25) is 0 Å². The number of carbonyl (C=O) groups excluding carboxylic acids is 3. The molecular weight excluding hydrogens is 246 g/mol. The summed E-state index contributed by atoms with van der Waals surface area (Å²) in [7, 11) is 0. The van der Waals surface area contributed by atoms with Crippen molar-refractivity contribution < 1.29 is 14.4 Å². The number of piperazine rings is 1. The van der Waals surface area contributed by atoms with E-state index < -0.39 is 17.4 Å². The van der Waals surface area contributed by atoms with E-state index >= 15 is 0 Å². The number of rotatable bonds is 1. The monoisotopic (exact) mass is 267 g/mol. The molecule has 0 spiro atoms. The van der Waals surface area contributed by atoms with E-state index in [1.54, 1.807) is 13.8 Å². The second kappa shape index (κ2) is 5.28. The first kappa shape index (κ1) is 14.0. The van der Waals surface area contributed by atoms with Crippen LogP contribution in [0.25, 0.3) is 0 Å². The van der Waals surface area contributed by atoms with Crippen LogP contribution in [0.4, 0.5) is 0 Å². The quantitative estimate of drug-likeness (QED) is 0.644. The molecule has 0 aromatic heterocycles. The van der Waals surface area contributed by atoms with Gasteiger partial charge in [-0.1, -0.05) is 12.8 Å². The van der Waals surface area contributed by atoms with Crippen molar-refractivity contribution in [3.05, 3.63) is 0 Å². The smallest absolute Gasteiger partial charge is 0.252 e. The number of nitrogens with zero attached hydrogens (tertiary/aromatic N) is 1. The van der Waals surface area contributed by atoms with Gasteiger partial charge in [0.05, 0.1) is 6.04 Å². The fourth-order valence-corrected chi connectivity index (χ4v) is 2.56. The van der Waals surface area contributed by atoms with Crippen LogP contribution in [0.3, 0.4) is 0 Å². The Morgan fingerprint density at radius 2 is 2.00 bits per heavy atom. The fraction of sp³-hybridized carbons (Fsp3) is 0.769. The average molecular weight is 267 g/mol. The maximum Gasteiger partial charge on any atom is 0.252 e. The Morgan fingerprint density at radius 1 is 1.26 bits per heavy atom. The highest BCUT2D eigenvalue weighted by molar-refractivity contribution is 6.06. The zero-order chi connectivity index (χ0) is 14.0. The Morgan fingerprint density at radius 3 is 2.74 bits per heavy atom. The molecule has 6 nitrogen and oxygen atoms in total. The van der Waals surface area contributed by atoms with Crippen LogP contribution in [0.1, 0.15) is 39.5 Å². The molecule has 0 bridgehead atoms. The third-order valence-corrected chi connectivity index (χ3v) is 3.91. The minimum absolute atomic E-state index is 0.0459. The summed E-state index contributed by atoms with van der Waals surface area (Å²) in [6.07, 6.45) is 3.94. The van der Waals surface area contributed by atoms with E-state index in [1.807, 2.05) is 0 Å². The standard InChI is InChI=1S/C13H21N3O3/c1-13(2)12(19)15-10(17)8-16(13)11(18)9-6-4-3-5-7-14-9/h9,14H,3-8H2,1-2H3,(H,15,17,19). The van der Waals surface area contributed by atoms with E-state index in [0.29, 0.717) is 0 Å². The Labute approximate surface area is 112 Å². The minimum atomic E-state index is -0.973. The number of nitrogens with one attached hydrogen (secondary N) is 2. The van der Waals surface area contributed by atoms with Gasteiger partial charge in [-0.25, -0.2) is 0 Å². The second-order valence-corrected chi connectivity index (χ2v) is 5.72. The van der Waals surface area contributed by atoms with Crippen LogP contribution in [0, 0.1) is 0 Å². The van der Waals surface area contributed by atoms with Gasteiger partial charge in [-0.3, -0.25) is 19.7 Å². The molecule has 6 heteroatoms. The summed E-state index contributed by atoms with van der Waals surface area (Å²) in [6, 6.07) is -0.277. The predicted molar refractivity (Wildman–Crippen MR) is 69.2 cm³/mol. The highest BCUT2D eigenvalue weighted by atomic mass is 16.2. The van der Waals surface area contributed by atoms with Crippen LogP contribution in [-0.2, 0) is 14.4 Å². The normalized spacial score (nSPS) is 27.7. The van der Waals surface area contributed by atoms with Gasteiger partial charge in [0.25, 0.3) is 5.91 Å². The molecule has 0 aromatic carbocycles. The molecule has 0 radical (unpaired) electrons. The molecule has 19 heavy (non-hydrogen) atoms. The SMILES string of the molecule is CC1(C)C(=O)NC(=O)CN1C(=O)C1CCCCCN1.